The Morgan fingerprint density at radius 1 is 0.889 bits per heavy atom. The van der Waals surface area contributed by atoms with Crippen LogP contribution >= 0.6 is 0 Å². The average Bonchev–Trinajstić information content (AvgIpc) is 3.35. The van der Waals surface area contributed by atoms with Crippen molar-refractivity contribution in [3.8, 4) is 23.0 Å². The summed E-state index contributed by atoms with van der Waals surface area (Å²) >= 11 is 0. The first-order valence-electron chi connectivity index (χ1n) is 11.5. The lowest BCUT2D eigenvalue weighted by molar-refractivity contribution is -0.116. The van der Waals surface area contributed by atoms with Gasteiger partial charge in [0.2, 0.25) is 5.91 Å². The summed E-state index contributed by atoms with van der Waals surface area (Å²) in [6.45, 7) is 0.351. The highest BCUT2D eigenvalue weighted by Crippen LogP contribution is 2.40. The third kappa shape index (κ3) is 5.15. The number of hydrogen-bond acceptors (Lipinski definition) is 5. The van der Waals surface area contributed by atoms with Crippen LogP contribution in [-0.2, 0) is 4.79 Å². The summed E-state index contributed by atoms with van der Waals surface area (Å²) in [5.74, 6) is 2.19. The molecule has 3 aromatic carbocycles. The van der Waals surface area contributed by atoms with Crippen LogP contribution in [0.3, 0.4) is 0 Å². The van der Waals surface area contributed by atoms with Crippen molar-refractivity contribution in [2.24, 2.45) is 0 Å². The molecule has 2 N–H and O–H groups in total. The molecule has 1 aromatic heterocycles. The van der Waals surface area contributed by atoms with Gasteiger partial charge in [0.05, 0.1) is 28.4 Å². The van der Waals surface area contributed by atoms with E-state index < -0.39 is 0 Å². The molecule has 0 spiro atoms. The van der Waals surface area contributed by atoms with Crippen LogP contribution in [0.4, 0.5) is 0 Å². The molecule has 1 amide bonds. The molecule has 1 atom stereocenters. The molecule has 0 saturated carbocycles. The number of carbonyl (C=O) groups excluding carboxylic acids is 1. The van der Waals surface area contributed by atoms with E-state index >= 15 is 0 Å². The van der Waals surface area contributed by atoms with Gasteiger partial charge in [0.15, 0.2) is 11.5 Å². The number of hydrogen-bond donors (Lipinski definition) is 2. The molecule has 0 radical (unpaired) electrons. The first-order chi connectivity index (χ1) is 17.6. The molecule has 0 bridgehead atoms. The molecule has 186 valence electrons. The topological polar surface area (TPSA) is 81.8 Å². The average molecular weight is 487 g/mol. The highest BCUT2D eigenvalue weighted by atomic mass is 16.5. The van der Waals surface area contributed by atoms with Crippen LogP contribution < -0.4 is 24.3 Å². The van der Waals surface area contributed by atoms with Crippen LogP contribution in [0.2, 0.25) is 0 Å². The molecule has 0 aliphatic rings. The minimum absolute atomic E-state index is 0.185. The van der Waals surface area contributed by atoms with E-state index in [-0.39, 0.29) is 11.8 Å². The Hall–Kier alpha value is -4.39. The maximum atomic E-state index is 12.9. The van der Waals surface area contributed by atoms with Crippen molar-refractivity contribution in [2.75, 3.05) is 35.0 Å². The lowest BCUT2D eigenvalue weighted by atomic mass is 9.89. The van der Waals surface area contributed by atoms with E-state index in [1.54, 1.807) is 40.6 Å². The smallest absolute Gasteiger partial charge is 0.244 e. The molecule has 7 nitrogen and oxygen atoms in total. The predicted octanol–water partition coefficient (Wildman–Crippen LogP) is 5.16. The van der Waals surface area contributed by atoms with Crippen molar-refractivity contribution >= 4 is 22.9 Å². The molecule has 1 unspecified atom stereocenters. The second-order valence-corrected chi connectivity index (χ2v) is 8.11. The molecule has 7 heteroatoms. The van der Waals surface area contributed by atoms with Gasteiger partial charge in [-0.1, -0.05) is 30.3 Å². The lowest BCUT2D eigenvalue weighted by Crippen LogP contribution is -2.27. The number of fused-ring (bicyclic) bond motifs is 1. The van der Waals surface area contributed by atoms with Gasteiger partial charge in [-0.25, -0.2) is 0 Å². The number of H-pyrrole nitrogens is 1. The number of para-hydroxylation sites is 2. The number of rotatable bonds is 10. The maximum Gasteiger partial charge on any atom is 0.244 e. The van der Waals surface area contributed by atoms with E-state index in [1.807, 2.05) is 54.7 Å². The van der Waals surface area contributed by atoms with Crippen molar-refractivity contribution in [3.05, 3.63) is 89.6 Å². The summed E-state index contributed by atoms with van der Waals surface area (Å²) in [7, 11) is 6.42. The van der Waals surface area contributed by atoms with Gasteiger partial charge in [-0.05, 0) is 42.0 Å². The Labute approximate surface area is 210 Å². The summed E-state index contributed by atoms with van der Waals surface area (Å²) in [5.41, 5.74) is 3.74. The number of amides is 1. The fourth-order valence-corrected chi connectivity index (χ4v) is 4.35. The summed E-state index contributed by atoms with van der Waals surface area (Å²) in [4.78, 5) is 16.2. The second kappa shape index (κ2) is 11.4. The summed E-state index contributed by atoms with van der Waals surface area (Å²) in [6, 6.07) is 19.3. The summed E-state index contributed by atoms with van der Waals surface area (Å²) < 4.78 is 22.0. The van der Waals surface area contributed by atoms with Crippen LogP contribution in [-0.4, -0.2) is 45.9 Å². The monoisotopic (exact) mass is 486 g/mol. The van der Waals surface area contributed by atoms with Gasteiger partial charge in [0.25, 0.3) is 0 Å². The number of carbonyl (C=O) groups is 1. The molecule has 1 heterocycles. The molecule has 4 aromatic rings. The summed E-state index contributed by atoms with van der Waals surface area (Å²) in [6.07, 6.45) is 5.19. The molecule has 4 rings (SSSR count). The van der Waals surface area contributed by atoms with E-state index in [0.717, 1.165) is 27.6 Å². The normalized spacial score (nSPS) is 11.9. The Kier molecular flexibility index (Phi) is 7.80. The largest absolute Gasteiger partial charge is 0.497 e. The van der Waals surface area contributed by atoms with Gasteiger partial charge in [-0.3, -0.25) is 4.79 Å². The quantitative estimate of drug-likeness (QED) is 0.303. The Balaban J connectivity index is 1.64. The van der Waals surface area contributed by atoms with Gasteiger partial charge >= 0.3 is 0 Å². The van der Waals surface area contributed by atoms with Crippen LogP contribution in [0, 0.1) is 0 Å². The minimum Gasteiger partial charge on any atom is -0.497 e. The zero-order chi connectivity index (χ0) is 25.5. The van der Waals surface area contributed by atoms with E-state index in [1.165, 1.54) is 6.08 Å². The standard InChI is InChI=1S/C29H30N2O5/c1-33-20-13-14-26(34-2)19(16-20)12-15-28(32)31-18-24(22-9-7-11-27(35-3)29(22)36-4)23-17-30-25-10-6-5-8-21(23)25/h5-17,24,30H,18H2,1-4H3,(H,31,32)/b15-12+. The maximum absolute atomic E-state index is 12.9. The van der Waals surface area contributed by atoms with Crippen LogP contribution in [0.1, 0.15) is 22.6 Å². The Morgan fingerprint density at radius 3 is 2.44 bits per heavy atom. The van der Waals surface area contributed by atoms with Gasteiger partial charge in [-0.15, -0.1) is 0 Å². The van der Waals surface area contributed by atoms with E-state index in [2.05, 4.69) is 16.4 Å². The second-order valence-electron chi connectivity index (χ2n) is 8.11. The Morgan fingerprint density at radius 2 is 1.69 bits per heavy atom. The van der Waals surface area contributed by atoms with Gasteiger partial charge < -0.3 is 29.2 Å². The SMILES string of the molecule is COc1ccc(OC)c(/C=C/C(=O)NCC(c2cccc(OC)c2OC)c2c[nH]c3ccccc23)c1. The first kappa shape index (κ1) is 24.7. The molecular formula is C29H30N2O5. The van der Waals surface area contributed by atoms with Gasteiger partial charge in [0.1, 0.15) is 11.5 Å². The van der Waals surface area contributed by atoms with E-state index in [9.17, 15) is 4.79 Å². The first-order valence-corrected chi connectivity index (χ1v) is 11.5. The Bertz CT molecular complexity index is 1380. The zero-order valence-corrected chi connectivity index (χ0v) is 20.8. The summed E-state index contributed by atoms with van der Waals surface area (Å²) in [5, 5.41) is 4.13. The number of ether oxygens (including phenoxy) is 4. The van der Waals surface area contributed by atoms with Crippen LogP contribution in [0.15, 0.2) is 72.9 Å². The van der Waals surface area contributed by atoms with Crippen LogP contribution in [0.5, 0.6) is 23.0 Å². The lowest BCUT2D eigenvalue weighted by Gasteiger charge is -2.21. The molecule has 0 aliphatic carbocycles. The fourth-order valence-electron chi connectivity index (χ4n) is 4.35. The highest BCUT2D eigenvalue weighted by Gasteiger charge is 2.24. The van der Waals surface area contributed by atoms with Crippen molar-refractivity contribution < 1.29 is 23.7 Å². The third-order valence-corrected chi connectivity index (χ3v) is 6.14. The van der Waals surface area contributed by atoms with Crippen molar-refractivity contribution in [1.82, 2.24) is 10.3 Å². The highest BCUT2D eigenvalue weighted by molar-refractivity contribution is 5.92. The van der Waals surface area contributed by atoms with Gasteiger partial charge in [0, 0.05) is 46.8 Å². The minimum atomic E-state index is -0.230. The number of nitrogens with one attached hydrogen (secondary N) is 2. The molecule has 0 saturated heterocycles. The number of aromatic amines is 1. The fraction of sp³-hybridized carbons (Fsp3) is 0.207. The molecule has 0 fully saturated rings. The predicted molar refractivity (Wildman–Crippen MR) is 141 cm³/mol. The van der Waals surface area contributed by atoms with Crippen LogP contribution in [0.25, 0.3) is 17.0 Å². The zero-order valence-electron chi connectivity index (χ0n) is 20.8. The third-order valence-electron chi connectivity index (χ3n) is 6.14. The molecule has 36 heavy (non-hydrogen) atoms. The number of methoxy groups -OCH3 is 4. The molecule has 0 aliphatic heterocycles. The number of benzene rings is 3. The number of aromatic nitrogens is 1. The van der Waals surface area contributed by atoms with Crippen molar-refractivity contribution in [1.29, 1.82) is 0 Å². The van der Waals surface area contributed by atoms with E-state index in [0.29, 0.717) is 29.5 Å². The van der Waals surface area contributed by atoms with Crippen molar-refractivity contribution in [2.45, 2.75) is 5.92 Å². The van der Waals surface area contributed by atoms with Crippen molar-refractivity contribution in [3.63, 3.8) is 0 Å². The molecular weight excluding hydrogens is 456 g/mol. The van der Waals surface area contributed by atoms with Gasteiger partial charge in [-0.2, -0.15) is 0 Å². The van der Waals surface area contributed by atoms with E-state index in [4.69, 9.17) is 18.9 Å².